The maximum atomic E-state index is 11.9. The van der Waals surface area contributed by atoms with Crippen LogP contribution in [0.5, 0.6) is 0 Å². The number of carbonyl (C=O) groups excluding carboxylic acids is 1. The van der Waals surface area contributed by atoms with E-state index in [9.17, 15) is 9.90 Å². The number of hydrogen-bond donors (Lipinski definition) is 1. The van der Waals surface area contributed by atoms with Crippen LogP contribution in [0, 0.1) is 6.92 Å². The Hall–Kier alpha value is -1.50. The fourth-order valence-electron chi connectivity index (χ4n) is 2.53. The summed E-state index contributed by atoms with van der Waals surface area (Å²) in [4.78, 5) is 19.8. The summed E-state index contributed by atoms with van der Waals surface area (Å²) >= 11 is 0. The molecular formula is C16H25N3O3. The Labute approximate surface area is 131 Å². The zero-order valence-corrected chi connectivity index (χ0v) is 13.6. The smallest absolute Gasteiger partial charge is 0.225 e. The van der Waals surface area contributed by atoms with Crippen LogP contribution in [0.15, 0.2) is 18.3 Å². The van der Waals surface area contributed by atoms with Crippen LogP contribution in [0.2, 0.25) is 0 Å². The van der Waals surface area contributed by atoms with Gasteiger partial charge in [0.15, 0.2) is 0 Å². The van der Waals surface area contributed by atoms with Gasteiger partial charge in [-0.3, -0.25) is 14.7 Å². The van der Waals surface area contributed by atoms with Gasteiger partial charge < -0.3 is 14.7 Å². The molecule has 1 atom stereocenters. The molecule has 2 rings (SSSR count). The Morgan fingerprint density at radius 2 is 2.27 bits per heavy atom. The first-order chi connectivity index (χ1) is 10.4. The summed E-state index contributed by atoms with van der Waals surface area (Å²) in [6.45, 7) is 4.53. The third-order valence-electron chi connectivity index (χ3n) is 3.80. The van der Waals surface area contributed by atoms with Crippen molar-refractivity contribution in [2.45, 2.75) is 25.5 Å². The fourth-order valence-corrected chi connectivity index (χ4v) is 2.53. The van der Waals surface area contributed by atoms with E-state index in [0.29, 0.717) is 19.7 Å². The van der Waals surface area contributed by atoms with Crippen molar-refractivity contribution in [1.82, 2.24) is 14.8 Å². The van der Waals surface area contributed by atoms with Crippen molar-refractivity contribution in [2.75, 3.05) is 40.4 Å². The summed E-state index contributed by atoms with van der Waals surface area (Å²) in [5.41, 5.74) is 0.931. The molecule has 1 N–H and O–H groups in total. The van der Waals surface area contributed by atoms with Crippen molar-refractivity contribution in [1.29, 1.82) is 0 Å². The first-order valence-corrected chi connectivity index (χ1v) is 7.52. The van der Waals surface area contributed by atoms with E-state index in [1.54, 1.807) is 14.1 Å². The standard InChI is InChI=1S/C16H25N3O3/c1-13-4-5-14(9-17-13)10-19-6-7-22-12-16(21,11-19)8-15(20)18(2)3/h4-5,9,21H,6-8,10-12H2,1-3H3/t16-/m1/s1. The number of aliphatic hydroxyl groups is 1. The van der Waals surface area contributed by atoms with E-state index in [1.807, 2.05) is 25.3 Å². The van der Waals surface area contributed by atoms with Gasteiger partial charge >= 0.3 is 0 Å². The molecule has 0 radical (unpaired) electrons. The number of aryl methyl sites for hydroxylation is 1. The van der Waals surface area contributed by atoms with E-state index in [2.05, 4.69) is 9.88 Å². The number of rotatable bonds is 4. The zero-order chi connectivity index (χ0) is 16.2. The minimum atomic E-state index is -1.14. The molecule has 2 heterocycles. The largest absolute Gasteiger partial charge is 0.386 e. The molecule has 0 aliphatic carbocycles. The second-order valence-corrected chi connectivity index (χ2v) is 6.26. The van der Waals surface area contributed by atoms with Gasteiger partial charge in [0.25, 0.3) is 0 Å². The SMILES string of the molecule is Cc1ccc(CN2CCOC[C@@](O)(CC(=O)N(C)C)C2)cn1. The molecule has 0 unspecified atom stereocenters. The maximum Gasteiger partial charge on any atom is 0.225 e. The molecule has 1 aromatic heterocycles. The van der Waals surface area contributed by atoms with Gasteiger partial charge in [-0.05, 0) is 18.6 Å². The highest BCUT2D eigenvalue weighted by Gasteiger charge is 2.35. The highest BCUT2D eigenvalue weighted by atomic mass is 16.5. The highest BCUT2D eigenvalue weighted by molar-refractivity contribution is 5.76. The van der Waals surface area contributed by atoms with Crippen molar-refractivity contribution in [3.8, 4) is 0 Å². The van der Waals surface area contributed by atoms with Gasteiger partial charge in [-0.1, -0.05) is 6.07 Å². The molecule has 6 heteroatoms. The predicted octanol–water partition coefficient (Wildman–Crippen LogP) is 0.432. The average molecular weight is 307 g/mol. The van der Waals surface area contributed by atoms with Crippen molar-refractivity contribution in [2.24, 2.45) is 0 Å². The van der Waals surface area contributed by atoms with Crippen molar-refractivity contribution < 1.29 is 14.6 Å². The molecule has 1 aliphatic rings. The van der Waals surface area contributed by atoms with Crippen LogP contribution in [0.1, 0.15) is 17.7 Å². The lowest BCUT2D eigenvalue weighted by atomic mass is 9.99. The van der Waals surface area contributed by atoms with Crippen LogP contribution in [0.4, 0.5) is 0 Å². The van der Waals surface area contributed by atoms with E-state index in [4.69, 9.17) is 4.74 Å². The molecule has 0 spiro atoms. The molecule has 122 valence electrons. The lowest BCUT2D eigenvalue weighted by molar-refractivity contribution is -0.136. The number of carbonyl (C=O) groups is 1. The molecule has 1 fully saturated rings. The Balaban J connectivity index is 2.02. The molecule has 1 aromatic rings. The summed E-state index contributed by atoms with van der Waals surface area (Å²) in [5, 5.41) is 10.7. The van der Waals surface area contributed by atoms with Gasteiger partial charge in [0, 0.05) is 45.6 Å². The van der Waals surface area contributed by atoms with Gasteiger partial charge in [-0.25, -0.2) is 0 Å². The number of hydrogen-bond acceptors (Lipinski definition) is 5. The van der Waals surface area contributed by atoms with E-state index in [-0.39, 0.29) is 18.9 Å². The topological polar surface area (TPSA) is 65.9 Å². The van der Waals surface area contributed by atoms with E-state index in [1.165, 1.54) is 4.90 Å². The minimum Gasteiger partial charge on any atom is -0.386 e. The average Bonchev–Trinajstić information content (AvgIpc) is 2.63. The second kappa shape index (κ2) is 7.17. The molecular weight excluding hydrogens is 282 g/mol. The number of ether oxygens (including phenoxy) is 1. The lowest BCUT2D eigenvalue weighted by Crippen LogP contribution is -2.47. The van der Waals surface area contributed by atoms with Crippen molar-refractivity contribution >= 4 is 5.91 Å². The third-order valence-corrected chi connectivity index (χ3v) is 3.80. The minimum absolute atomic E-state index is 0.0721. The lowest BCUT2D eigenvalue weighted by Gasteiger charge is -2.31. The Morgan fingerprint density at radius 3 is 2.91 bits per heavy atom. The molecule has 0 aromatic carbocycles. The molecule has 1 aliphatic heterocycles. The maximum absolute atomic E-state index is 11.9. The number of amides is 1. The summed E-state index contributed by atoms with van der Waals surface area (Å²) < 4.78 is 5.50. The molecule has 1 saturated heterocycles. The summed E-state index contributed by atoms with van der Waals surface area (Å²) in [6, 6.07) is 4.02. The van der Waals surface area contributed by atoms with Crippen molar-refractivity contribution in [3.63, 3.8) is 0 Å². The van der Waals surface area contributed by atoms with E-state index < -0.39 is 5.60 Å². The highest BCUT2D eigenvalue weighted by Crippen LogP contribution is 2.19. The molecule has 6 nitrogen and oxygen atoms in total. The first kappa shape index (κ1) is 16.9. The summed E-state index contributed by atoms with van der Waals surface area (Å²) in [7, 11) is 3.39. The quantitative estimate of drug-likeness (QED) is 0.874. The fraction of sp³-hybridized carbons (Fsp3) is 0.625. The molecule has 0 saturated carbocycles. The van der Waals surface area contributed by atoms with Gasteiger partial charge in [-0.15, -0.1) is 0 Å². The Morgan fingerprint density at radius 1 is 1.50 bits per heavy atom. The van der Waals surface area contributed by atoms with Crippen LogP contribution in [0.25, 0.3) is 0 Å². The Bertz CT molecular complexity index is 504. The van der Waals surface area contributed by atoms with Crippen LogP contribution in [-0.2, 0) is 16.1 Å². The van der Waals surface area contributed by atoms with Gasteiger partial charge in [0.05, 0.1) is 19.6 Å². The number of aromatic nitrogens is 1. The third kappa shape index (κ3) is 4.76. The Kier molecular flexibility index (Phi) is 5.50. The van der Waals surface area contributed by atoms with Crippen LogP contribution < -0.4 is 0 Å². The number of β-amino-alcohol motifs (C(OH)–C–C–N with tert-alkyl or cyclic N) is 1. The number of nitrogens with zero attached hydrogens (tertiary/aromatic N) is 3. The second-order valence-electron chi connectivity index (χ2n) is 6.26. The van der Waals surface area contributed by atoms with E-state index in [0.717, 1.165) is 17.8 Å². The van der Waals surface area contributed by atoms with Crippen LogP contribution in [-0.4, -0.2) is 71.8 Å². The molecule has 22 heavy (non-hydrogen) atoms. The zero-order valence-electron chi connectivity index (χ0n) is 13.6. The van der Waals surface area contributed by atoms with Crippen LogP contribution in [0.3, 0.4) is 0 Å². The first-order valence-electron chi connectivity index (χ1n) is 7.52. The van der Waals surface area contributed by atoms with E-state index >= 15 is 0 Å². The normalized spacial score (nSPS) is 23.1. The van der Waals surface area contributed by atoms with Gasteiger partial charge in [0.1, 0.15) is 5.60 Å². The van der Waals surface area contributed by atoms with Crippen molar-refractivity contribution in [3.05, 3.63) is 29.6 Å². The molecule has 1 amide bonds. The summed E-state index contributed by atoms with van der Waals surface area (Å²) in [6.07, 6.45) is 1.92. The van der Waals surface area contributed by atoms with Gasteiger partial charge in [-0.2, -0.15) is 0 Å². The van der Waals surface area contributed by atoms with Gasteiger partial charge in [0.2, 0.25) is 5.91 Å². The predicted molar refractivity (Wildman–Crippen MR) is 83.3 cm³/mol. The number of pyridine rings is 1. The monoisotopic (exact) mass is 307 g/mol. The molecule has 0 bridgehead atoms. The van der Waals surface area contributed by atoms with Crippen LogP contribution >= 0.6 is 0 Å². The summed E-state index contributed by atoms with van der Waals surface area (Å²) in [5.74, 6) is -0.0926.